The molecule has 0 aromatic rings. The SMILES string of the molecule is COC(C)(C)CCN(C)CC1CCCNC1. The van der Waals surface area contributed by atoms with Crippen LogP contribution in [0.1, 0.15) is 33.1 Å². The predicted octanol–water partition coefficient (Wildman–Crippen LogP) is 1.73. The summed E-state index contributed by atoms with van der Waals surface area (Å²) < 4.78 is 5.44. The van der Waals surface area contributed by atoms with E-state index in [-0.39, 0.29) is 5.60 Å². The lowest BCUT2D eigenvalue weighted by Gasteiger charge is -2.30. The number of hydrogen-bond acceptors (Lipinski definition) is 3. The van der Waals surface area contributed by atoms with Crippen molar-refractivity contribution in [2.24, 2.45) is 5.92 Å². The molecule has 0 radical (unpaired) electrons. The van der Waals surface area contributed by atoms with E-state index in [0.717, 1.165) is 18.9 Å². The fraction of sp³-hybridized carbons (Fsp3) is 1.00. The zero-order valence-electron chi connectivity index (χ0n) is 11.4. The third-order valence-corrected chi connectivity index (χ3v) is 3.62. The average Bonchev–Trinajstić information content (AvgIpc) is 2.28. The Balaban J connectivity index is 2.17. The van der Waals surface area contributed by atoms with Crippen molar-refractivity contribution in [1.82, 2.24) is 10.2 Å². The van der Waals surface area contributed by atoms with E-state index in [2.05, 4.69) is 31.1 Å². The Kier molecular flexibility index (Phi) is 5.73. The van der Waals surface area contributed by atoms with Gasteiger partial charge in [-0.15, -0.1) is 0 Å². The van der Waals surface area contributed by atoms with E-state index in [4.69, 9.17) is 4.74 Å². The molecule has 1 heterocycles. The molecular formula is C13H28N2O. The van der Waals surface area contributed by atoms with Crippen LogP contribution in [-0.2, 0) is 4.74 Å². The minimum absolute atomic E-state index is 0.0130. The molecule has 1 saturated heterocycles. The largest absolute Gasteiger partial charge is 0.379 e. The number of nitrogens with one attached hydrogen (secondary N) is 1. The molecule has 0 aromatic heterocycles. The van der Waals surface area contributed by atoms with Gasteiger partial charge in [0.25, 0.3) is 0 Å². The maximum absolute atomic E-state index is 5.44. The fourth-order valence-corrected chi connectivity index (χ4v) is 2.17. The van der Waals surface area contributed by atoms with Crippen LogP contribution in [0.5, 0.6) is 0 Å². The van der Waals surface area contributed by atoms with E-state index in [1.807, 2.05) is 0 Å². The van der Waals surface area contributed by atoms with E-state index >= 15 is 0 Å². The number of hydrogen-bond donors (Lipinski definition) is 1. The standard InChI is InChI=1S/C13H28N2O/c1-13(2,16-4)7-9-15(3)11-12-6-5-8-14-10-12/h12,14H,5-11H2,1-4H3. The van der Waals surface area contributed by atoms with Gasteiger partial charge in [0.15, 0.2) is 0 Å². The third kappa shape index (κ3) is 5.28. The summed E-state index contributed by atoms with van der Waals surface area (Å²) in [5.41, 5.74) is 0.0130. The molecule has 1 fully saturated rings. The van der Waals surface area contributed by atoms with Crippen LogP contribution in [0.4, 0.5) is 0 Å². The Morgan fingerprint density at radius 2 is 2.19 bits per heavy atom. The lowest BCUT2D eigenvalue weighted by molar-refractivity contribution is 0.00809. The van der Waals surface area contributed by atoms with Crippen molar-refractivity contribution in [2.75, 3.05) is 40.3 Å². The molecule has 1 atom stereocenters. The van der Waals surface area contributed by atoms with Gasteiger partial charge in [0.1, 0.15) is 0 Å². The van der Waals surface area contributed by atoms with E-state index in [1.54, 1.807) is 7.11 Å². The van der Waals surface area contributed by atoms with E-state index in [9.17, 15) is 0 Å². The lowest BCUT2D eigenvalue weighted by atomic mass is 9.98. The Morgan fingerprint density at radius 1 is 1.44 bits per heavy atom. The van der Waals surface area contributed by atoms with Crippen molar-refractivity contribution in [3.05, 3.63) is 0 Å². The highest BCUT2D eigenvalue weighted by atomic mass is 16.5. The molecule has 0 aliphatic carbocycles. The second kappa shape index (κ2) is 6.58. The predicted molar refractivity (Wildman–Crippen MR) is 68.8 cm³/mol. The van der Waals surface area contributed by atoms with E-state index in [1.165, 1.54) is 32.5 Å². The lowest BCUT2D eigenvalue weighted by Crippen LogP contribution is -2.38. The minimum Gasteiger partial charge on any atom is -0.379 e. The molecule has 1 rings (SSSR count). The van der Waals surface area contributed by atoms with Crippen LogP contribution < -0.4 is 5.32 Å². The number of piperidine rings is 1. The zero-order valence-corrected chi connectivity index (χ0v) is 11.4. The minimum atomic E-state index is 0.0130. The van der Waals surface area contributed by atoms with Crippen molar-refractivity contribution in [2.45, 2.75) is 38.7 Å². The van der Waals surface area contributed by atoms with Crippen molar-refractivity contribution < 1.29 is 4.74 Å². The topological polar surface area (TPSA) is 24.5 Å². The zero-order chi connectivity index (χ0) is 12.0. The van der Waals surface area contributed by atoms with Crippen LogP contribution in [0.2, 0.25) is 0 Å². The van der Waals surface area contributed by atoms with Crippen molar-refractivity contribution in [1.29, 1.82) is 0 Å². The number of rotatable bonds is 6. The first-order valence-electron chi connectivity index (χ1n) is 6.48. The summed E-state index contributed by atoms with van der Waals surface area (Å²) >= 11 is 0. The molecule has 16 heavy (non-hydrogen) atoms. The third-order valence-electron chi connectivity index (χ3n) is 3.62. The van der Waals surface area contributed by atoms with Gasteiger partial charge in [0.2, 0.25) is 0 Å². The molecule has 1 aliphatic rings. The van der Waals surface area contributed by atoms with Crippen LogP contribution >= 0.6 is 0 Å². The summed E-state index contributed by atoms with van der Waals surface area (Å²) in [4.78, 5) is 2.44. The van der Waals surface area contributed by atoms with Gasteiger partial charge in [-0.2, -0.15) is 0 Å². The molecule has 0 spiro atoms. The Bertz CT molecular complexity index is 188. The van der Waals surface area contributed by atoms with Crippen molar-refractivity contribution in [3.8, 4) is 0 Å². The van der Waals surface area contributed by atoms with E-state index < -0.39 is 0 Å². The maximum Gasteiger partial charge on any atom is 0.0634 e. The van der Waals surface area contributed by atoms with Gasteiger partial charge in [0.05, 0.1) is 5.60 Å². The Morgan fingerprint density at radius 3 is 2.75 bits per heavy atom. The summed E-state index contributed by atoms with van der Waals surface area (Å²) in [6, 6.07) is 0. The first kappa shape index (κ1) is 13.9. The number of methoxy groups -OCH3 is 1. The highest BCUT2D eigenvalue weighted by Gasteiger charge is 2.19. The van der Waals surface area contributed by atoms with Gasteiger partial charge in [-0.25, -0.2) is 0 Å². The number of ether oxygens (including phenoxy) is 1. The summed E-state index contributed by atoms with van der Waals surface area (Å²) in [7, 11) is 4.02. The van der Waals surface area contributed by atoms with Crippen molar-refractivity contribution in [3.63, 3.8) is 0 Å². The molecule has 96 valence electrons. The average molecular weight is 228 g/mol. The molecule has 3 heteroatoms. The smallest absolute Gasteiger partial charge is 0.0634 e. The second-order valence-corrected chi connectivity index (χ2v) is 5.69. The normalized spacial score (nSPS) is 22.7. The molecule has 0 saturated carbocycles. The molecular weight excluding hydrogens is 200 g/mol. The second-order valence-electron chi connectivity index (χ2n) is 5.69. The maximum atomic E-state index is 5.44. The highest BCUT2D eigenvalue weighted by molar-refractivity contribution is 4.74. The molecule has 0 bridgehead atoms. The quantitative estimate of drug-likeness (QED) is 0.749. The monoisotopic (exact) mass is 228 g/mol. The molecule has 1 unspecified atom stereocenters. The summed E-state index contributed by atoms with van der Waals surface area (Å²) in [6.07, 6.45) is 3.81. The number of nitrogens with zero attached hydrogens (tertiary/aromatic N) is 1. The fourth-order valence-electron chi connectivity index (χ4n) is 2.17. The molecule has 1 aliphatic heterocycles. The first-order valence-corrected chi connectivity index (χ1v) is 6.48. The Labute approximate surface area is 101 Å². The first-order chi connectivity index (χ1) is 7.53. The van der Waals surface area contributed by atoms with Gasteiger partial charge < -0.3 is 15.0 Å². The summed E-state index contributed by atoms with van der Waals surface area (Å²) in [6.45, 7) is 9.05. The van der Waals surface area contributed by atoms with E-state index in [0.29, 0.717) is 0 Å². The molecule has 0 aromatic carbocycles. The van der Waals surface area contributed by atoms with Crippen LogP contribution in [0.15, 0.2) is 0 Å². The Hall–Kier alpha value is -0.120. The molecule has 3 nitrogen and oxygen atoms in total. The van der Waals surface area contributed by atoms with Gasteiger partial charge in [0, 0.05) is 20.2 Å². The van der Waals surface area contributed by atoms with Crippen LogP contribution in [0, 0.1) is 5.92 Å². The van der Waals surface area contributed by atoms with Crippen LogP contribution in [0.25, 0.3) is 0 Å². The van der Waals surface area contributed by atoms with Crippen molar-refractivity contribution >= 4 is 0 Å². The highest BCUT2D eigenvalue weighted by Crippen LogP contribution is 2.15. The van der Waals surface area contributed by atoms with Gasteiger partial charge in [-0.05, 0) is 59.2 Å². The molecule has 1 N–H and O–H groups in total. The summed E-state index contributed by atoms with van der Waals surface area (Å²) in [5, 5.41) is 3.47. The van der Waals surface area contributed by atoms with Crippen LogP contribution in [-0.4, -0.2) is 50.8 Å². The van der Waals surface area contributed by atoms with Gasteiger partial charge in [-0.3, -0.25) is 0 Å². The van der Waals surface area contributed by atoms with Gasteiger partial charge >= 0.3 is 0 Å². The molecule has 0 amide bonds. The summed E-state index contributed by atoms with van der Waals surface area (Å²) in [5.74, 6) is 0.837. The van der Waals surface area contributed by atoms with Gasteiger partial charge in [-0.1, -0.05) is 0 Å². The van der Waals surface area contributed by atoms with Crippen LogP contribution in [0.3, 0.4) is 0 Å².